The molecule has 0 aliphatic heterocycles. The maximum absolute atomic E-state index is 10.9. The number of hydrogen-bond donors (Lipinski definition) is 4. The number of carboxylic acids is 2. The summed E-state index contributed by atoms with van der Waals surface area (Å²) in [6.45, 7) is 0. The molecule has 0 radical (unpaired) electrons. The molecule has 0 aliphatic rings. The van der Waals surface area contributed by atoms with Gasteiger partial charge in [0.25, 0.3) is 0 Å². The van der Waals surface area contributed by atoms with Crippen LogP contribution in [0.5, 0.6) is 11.5 Å². The minimum absolute atomic E-state index is 0. The summed E-state index contributed by atoms with van der Waals surface area (Å²) in [6, 6.07) is 11.9. The topological polar surface area (TPSA) is 140 Å². The number of carbonyl (C=O) groups is 2. The zero-order valence-corrected chi connectivity index (χ0v) is 24.4. The van der Waals surface area contributed by atoms with Crippen LogP contribution >= 0.6 is 23.5 Å². The number of carboxylic acid groups (broad SMARTS) is 2. The number of aromatic hydroxyl groups is 2. The molecule has 11 heteroatoms. The Hall–Kier alpha value is -2.36. The Labute approximate surface area is 226 Å². The summed E-state index contributed by atoms with van der Waals surface area (Å²) in [5.41, 5.74) is 1.06. The summed E-state index contributed by atoms with van der Waals surface area (Å²) in [7, 11) is 0. The van der Waals surface area contributed by atoms with Crippen LogP contribution in [-0.2, 0) is 29.1 Å². The third-order valence-electron chi connectivity index (χ3n) is 4.42. The molecule has 2 aromatic rings. The van der Waals surface area contributed by atoms with E-state index in [2.05, 4.69) is 9.98 Å². The van der Waals surface area contributed by atoms with E-state index in [1.165, 1.54) is 12.4 Å². The summed E-state index contributed by atoms with van der Waals surface area (Å²) in [5, 5.41) is 36.9. The smallest absolute Gasteiger partial charge is 0.328 e. The van der Waals surface area contributed by atoms with E-state index in [4.69, 9.17) is 10.2 Å². The van der Waals surface area contributed by atoms with Crippen LogP contribution in [0.1, 0.15) is 24.0 Å². The molecular formula is C24H30N2O6S2Zn. The summed E-state index contributed by atoms with van der Waals surface area (Å²) in [4.78, 5) is 29.8. The molecule has 4 N–H and O–H groups in total. The van der Waals surface area contributed by atoms with E-state index < -0.39 is 24.0 Å². The Bertz CT molecular complexity index is 897. The van der Waals surface area contributed by atoms with Crippen LogP contribution in [0, 0.1) is 0 Å². The van der Waals surface area contributed by atoms with Crippen LogP contribution in [0.15, 0.2) is 58.5 Å². The van der Waals surface area contributed by atoms with Gasteiger partial charge in [0, 0.05) is 43.0 Å². The van der Waals surface area contributed by atoms with Crippen LogP contribution < -0.4 is 0 Å². The first-order valence-corrected chi connectivity index (χ1v) is 13.1. The second kappa shape index (κ2) is 18.9. The quantitative estimate of drug-likeness (QED) is 0.221. The third-order valence-corrected chi connectivity index (χ3v) is 5.71. The maximum atomic E-state index is 10.9. The Balaban J connectivity index is 0.000000642. The van der Waals surface area contributed by atoms with Gasteiger partial charge in [-0.3, -0.25) is 9.98 Å². The normalized spacial score (nSPS) is 12.4. The van der Waals surface area contributed by atoms with Crippen molar-refractivity contribution in [3.05, 3.63) is 59.7 Å². The van der Waals surface area contributed by atoms with Crippen molar-refractivity contribution in [3.8, 4) is 11.5 Å². The summed E-state index contributed by atoms with van der Waals surface area (Å²) in [6.07, 6.45) is 7.64. The van der Waals surface area contributed by atoms with Crippen molar-refractivity contribution in [2.75, 3.05) is 24.0 Å². The van der Waals surface area contributed by atoms with Crippen molar-refractivity contribution in [2.45, 2.75) is 24.9 Å². The third kappa shape index (κ3) is 13.3. The average Bonchev–Trinajstić information content (AvgIpc) is 2.81. The van der Waals surface area contributed by atoms with E-state index in [1.807, 2.05) is 12.5 Å². The zero-order chi connectivity index (χ0) is 25.3. The Morgan fingerprint density at radius 2 is 1.11 bits per heavy atom. The molecule has 0 aromatic heterocycles. The molecule has 186 valence electrons. The number of hydrogen-bond acceptors (Lipinski definition) is 8. The molecule has 0 aliphatic carbocycles. The summed E-state index contributed by atoms with van der Waals surface area (Å²) >= 11 is 3.17. The van der Waals surface area contributed by atoms with E-state index in [9.17, 15) is 19.8 Å². The zero-order valence-electron chi connectivity index (χ0n) is 19.8. The van der Waals surface area contributed by atoms with Gasteiger partial charge < -0.3 is 20.4 Å². The molecule has 0 heterocycles. The predicted octanol–water partition coefficient (Wildman–Crippen LogP) is 4.03. The van der Waals surface area contributed by atoms with Gasteiger partial charge in [0.1, 0.15) is 23.6 Å². The first-order chi connectivity index (χ1) is 16.3. The van der Waals surface area contributed by atoms with Crippen LogP contribution in [0.2, 0.25) is 0 Å². The van der Waals surface area contributed by atoms with Crippen molar-refractivity contribution < 1.29 is 49.5 Å². The molecule has 2 aromatic carbocycles. The molecule has 0 bridgehead atoms. The fraction of sp³-hybridized carbons (Fsp3) is 0.333. The number of rotatable bonds is 12. The van der Waals surface area contributed by atoms with Crippen molar-refractivity contribution in [2.24, 2.45) is 9.98 Å². The van der Waals surface area contributed by atoms with Crippen molar-refractivity contribution in [3.63, 3.8) is 0 Å². The average molecular weight is 572 g/mol. The molecule has 0 spiro atoms. The van der Waals surface area contributed by atoms with E-state index >= 15 is 0 Å². The van der Waals surface area contributed by atoms with E-state index in [1.54, 1.807) is 72.1 Å². The maximum Gasteiger partial charge on any atom is 0.328 e. The number of thioether (sulfide) groups is 2. The molecule has 0 saturated heterocycles. The molecule has 8 nitrogen and oxygen atoms in total. The van der Waals surface area contributed by atoms with Crippen LogP contribution in [-0.4, -0.2) is 80.9 Å². The molecule has 0 saturated carbocycles. The second-order valence-electron chi connectivity index (χ2n) is 6.94. The van der Waals surface area contributed by atoms with Gasteiger partial charge >= 0.3 is 11.9 Å². The SMILES string of the molecule is CSCCC(N=Cc1ccccc1O)C(=O)O.CSCCC(N=Cc1ccccc1O)C(=O)O.[Zn]. The molecule has 0 amide bonds. The van der Waals surface area contributed by atoms with Gasteiger partial charge in [0.15, 0.2) is 0 Å². The van der Waals surface area contributed by atoms with E-state index in [0.29, 0.717) is 24.0 Å². The number of benzene rings is 2. The predicted molar refractivity (Wildman–Crippen MR) is 140 cm³/mol. The Kier molecular flexibility index (Phi) is 17.6. The molecule has 2 rings (SSSR count). The number of para-hydroxylation sites is 2. The molecule has 35 heavy (non-hydrogen) atoms. The standard InChI is InChI=1S/2C12H15NO3S.Zn/c2*1-17-7-6-10(12(15)16)13-8-9-4-2-3-5-11(9)14;/h2*2-5,8,10,14H,6-7H2,1H3,(H,15,16);. The largest absolute Gasteiger partial charge is 0.507 e. The van der Waals surface area contributed by atoms with Crippen molar-refractivity contribution in [1.82, 2.24) is 0 Å². The molecule has 2 unspecified atom stereocenters. The van der Waals surface area contributed by atoms with Gasteiger partial charge in [0.2, 0.25) is 0 Å². The van der Waals surface area contributed by atoms with Crippen LogP contribution in [0.4, 0.5) is 0 Å². The van der Waals surface area contributed by atoms with Gasteiger partial charge in [-0.15, -0.1) is 0 Å². The van der Waals surface area contributed by atoms with E-state index in [0.717, 1.165) is 11.5 Å². The molecule has 0 fully saturated rings. The molecular weight excluding hydrogens is 542 g/mol. The first-order valence-electron chi connectivity index (χ1n) is 10.4. The number of aliphatic carboxylic acids is 2. The minimum Gasteiger partial charge on any atom is -0.507 e. The first kappa shape index (κ1) is 32.6. The van der Waals surface area contributed by atoms with Gasteiger partial charge in [-0.25, -0.2) is 9.59 Å². The minimum atomic E-state index is -0.939. The fourth-order valence-electron chi connectivity index (χ4n) is 2.52. The van der Waals surface area contributed by atoms with Gasteiger partial charge in [0.05, 0.1) is 0 Å². The summed E-state index contributed by atoms with van der Waals surface area (Å²) in [5.74, 6) is -0.184. The monoisotopic (exact) mass is 570 g/mol. The molecule has 2 atom stereocenters. The van der Waals surface area contributed by atoms with Crippen LogP contribution in [0.25, 0.3) is 0 Å². The summed E-state index contributed by atoms with van der Waals surface area (Å²) < 4.78 is 0. The number of nitrogens with zero attached hydrogens (tertiary/aromatic N) is 2. The van der Waals surface area contributed by atoms with Crippen molar-refractivity contribution >= 4 is 47.9 Å². The number of phenols is 2. The second-order valence-corrected chi connectivity index (χ2v) is 8.92. The number of aliphatic imine (C=N–C) groups is 2. The van der Waals surface area contributed by atoms with Crippen LogP contribution in [0.3, 0.4) is 0 Å². The Morgan fingerprint density at radius 1 is 0.771 bits per heavy atom. The number of phenolic OH excluding ortho intramolecular Hbond substituents is 2. The van der Waals surface area contributed by atoms with E-state index in [-0.39, 0.29) is 31.0 Å². The Morgan fingerprint density at radius 3 is 1.40 bits per heavy atom. The van der Waals surface area contributed by atoms with Crippen molar-refractivity contribution in [1.29, 1.82) is 0 Å². The van der Waals surface area contributed by atoms with Gasteiger partial charge in [-0.2, -0.15) is 23.5 Å². The van der Waals surface area contributed by atoms with Gasteiger partial charge in [-0.05, 0) is 61.1 Å². The fourth-order valence-corrected chi connectivity index (χ4v) is 3.43. The van der Waals surface area contributed by atoms with Gasteiger partial charge in [-0.1, -0.05) is 24.3 Å².